The molecule has 1 saturated heterocycles. The number of aromatic nitrogens is 1. The molecule has 0 bridgehead atoms. The molecule has 33 heavy (non-hydrogen) atoms. The lowest BCUT2D eigenvalue weighted by Gasteiger charge is -2.34. The summed E-state index contributed by atoms with van der Waals surface area (Å²) < 4.78 is 19.5. The third kappa shape index (κ3) is 5.19. The first kappa shape index (κ1) is 23.6. The molecule has 2 heterocycles. The molecule has 0 saturated carbocycles. The molecule has 1 aliphatic heterocycles. The molecule has 176 valence electrons. The largest absolute Gasteiger partial charge is 0.490 e. The van der Waals surface area contributed by atoms with Gasteiger partial charge in [0, 0.05) is 36.2 Å². The van der Waals surface area contributed by atoms with Crippen molar-refractivity contribution in [3.8, 4) is 17.2 Å². The fraction of sp³-hybridized carbons (Fsp3) is 0.417. The van der Waals surface area contributed by atoms with Gasteiger partial charge in [0.2, 0.25) is 5.75 Å². The molecule has 4 rings (SSSR count). The fourth-order valence-electron chi connectivity index (χ4n) is 3.82. The van der Waals surface area contributed by atoms with Gasteiger partial charge in [0.1, 0.15) is 0 Å². The fourth-order valence-corrected chi connectivity index (χ4v) is 5.39. The Balaban J connectivity index is 1.50. The average molecular weight is 534 g/mol. The number of nitrogens with zero attached hydrogens (tertiary/aromatic N) is 3. The predicted octanol–water partition coefficient (Wildman–Crippen LogP) is 5.22. The zero-order valence-electron chi connectivity index (χ0n) is 19.1. The van der Waals surface area contributed by atoms with Crippen LogP contribution in [0, 0.1) is 0 Å². The first-order chi connectivity index (χ1) is 16.0. The third-order valence-electron chi connectivity index (χ3n) is 5.33. The maximum absolute atomic E-state index is 13.3. The Bertz CT molecular complexity index is 1100. The van der Waals surface area contributed by atoms with Gasteiger partial charge in [-0.05, 0) is 51.1 Å². The van der Waals surface area contributed by atoms with Crippen molar-refractivity contribution >= 4 is 48.5 Å². The van der Waals surface area contributed by atoms with Crippen molar-refractivity contribution in [1.82, 2.24) is 9.88 Å². The van der Waals surface area contributed by atoms with Crippen LogP contribution in [0.15, 0.2) is 34.8 Å². The summed E-state index contributed by atoms with van der Waals surface area (Å²) in [7, 11) is 0. The minimum atomic E-state index is -0.0344. The second-order valence-corrected chi connectivity index (χ2v) is 9.41. The molecular weight excluding hydrogens is 506 g/mol. The van der Waals surface area contributed by atoms with E-state index in [0.29, 0.717) is 55.7 Å². The maximum Gasteiger partial charge on any atom is 0.254 e. The molecular formula is C24H28BrN3O4S. The van der Waals surface area contributed by atoms with Crippen molar-refractivity contribution in [1.29, 1.82) is 0 Å². The lowest BCUT2D eigenvalue weighted by molar-refractivity contribution is 0.0745. The van der Waals surface area contributed by atoms with Gasteiger partial charge in [0.15, 0.2) is 16.6 Å². The van der Waals surface area contributed by atoms with Crippen LogP contribution in [0.4, 0.5) is 5.13 Å². The predicted molar refractivity (Wildman–Crippen MR) is 135 cm³/mol. The number of hydrogen-bond donors (Lipinski definition) is 0. The van der Waals surface area contributed by atoms with Gasteiger partial charge >= 0.3 is 0 Å². The van der Waals surface area contributed by atoms with E-state index in [-0.39, 0.29) is 5.91 Å². The minimum absolute atomic E-state index is 0.0344. The van der Waals surface area contributed by atoms with Gasteiger partial charge in [0.25, 0.3) is 5.91 Å². The molecule has 0 aliphatic carbocycles. The Hall–Kier alpha value is -2.52. The number of piperazine rings is 1. The SMILES string of the molecule is CCOc1cc(C(=O)N2CCN(c3nc4ccc(Br)cc4s3)CC2)cc(OCC)c1OCC. The number of ether oxygens (including phenoxy) is 3. The molecule has 0 N–H and O–H groups in total. The Kier molecular flexibility index (Phi) is 7.60. The number of carbonyl (C=O) groups is 1. The highest BCUT2D eigenvalue weighted by atomic mass is 79.9. The van der Waals surface area contributed by atoms with Gasteiger partial charge < -0.3 is 24.0 Å². The molecule has 7 nitrogen and oxygen atoms in total. The highest BCUT2D eigenvalue weighted by molar-refractivity contribution is 9.10. The summed E-state index contributed by atoms with van der Waals surface area (Å²) >= 11 is 5.20. The summed E-state index contributed by atoms with van der Waals surface area (Å²) in [6.07, 6.45) is 0. The number of amides is 1. The zero-order valence-corrected chi connectivity index (χ0v) is 21.5. The molecule has 0 spiro atoms. The Labute approximate surface area is 206 Å². The summed E-state index contributed by atoms with van der Waals surface area (Å²) in [5.74, 6) is 1.58. The van der Waals surface area contributed by atoms with Crippen molar-refractivity contribution in [2.75, 3.05) is 50.9 Å². The van der Waals surface area contributed by atoms with Crippen LogP contribution in [0.2, 0.25) is 0 Å². The van der Waals surface area contributed by atoms with Crippen LogP contribution in [0.3, 0.4) is 0 Å². The lowest BCUT2D eigenvalue weighted by atomic mass is 10.1. The van der Waals surface area contributed by atoms with Crippen molar-refractivity contribution in [2.45, 2.75) is 20.8 Å². The van der Waals surface area contributed by atoms with E-state index >= 15 is 0 Å². The normalized spacial score (nSPS) is 13.9. The molecule has 2 aromatic carbocycles. The van der Waals surface area contributed by atoms with Crippen molar-refractivity contribution in [3.63, 3.8) is 0 Å². The molecule has 1 aromatic heterocycles. The van der Waals surface area contributed by atoms with Gasteiger partial charge in [-0.15, -0.1) is 0 Å². The first-order valence-corrected chi connectivity index (χ1v) is 12.8. The minimum Gasteiger partial charge on any atom is -0.490 e. The van der Waals surface area contributed by atoms with Crippen LogP contribution in [0.1, 0.15) is 31.1 Å². The van der Waals surface area contributed by atoms with Gasteiger partial charge in [-0.2, -0.15) is 0 Å². The van der Waals surface area contributed by atoms with Crippen LogP contribution in [0.5, 0.6) is 17.2 Å². The number of hydrogen-bond acceptors (Lipinski definition) is 7. The molecule has 1 fully saturated rings. The highest BCUT2D eigenvalue weighted by Crippen LogP contribution is 2.39. The average Bonchev–Trinajstić information content (AvgIpc) is 3.24. The summed E-state index contributed by atoms with van der Waals surface area (Å²) in [4.78, 5) is 22.2. The quantitative estimate of drug-likeness (QED) is 0.395. The Morgan fingerprint density at radius 1 is 0.970 bits per heavy atom. The zero-order chi connectivity index (χ0) is 23.4. The van der Waals surface area contributed by atoms with Crippen molar-refractivity contribution in [3.05, 3.63) is 40.4 Å². The molecule has 0 radical (unpaired) electrons. The van der Waals surface area contributed by atoms with E-state index in [9.17, 15) is 4.79 Å². The number of anilines is 1. The number of carbonyl (C=O) groups excluding carboxylic acids is 1. The second kappa shape index (κ2) is 10.6. The first-order valence-electron chi connectivity index (χ1n) is 11.2. The molecule has 0 unspecified atom stereocenters. The van der Waals surface area contributed by atoms with Gasteiger partial charge in [-0.1, -0.05) is 27.3 Å². The van der Waals surface area contributed by atoms with E-state index in [1.165, 1.54) is 0 Å². The van der Waals surface area contributed by atoms with E-state index < -0.39 is 0 Å². The van der Waals surface area contributed by atoms with Crippen molar-refractivity contribution in [2.24, 2.45) is 0 Å². The number of thiazole rings is 1. The van der Waals surface area contributed by atoms with E-state index in [0.717, 1.165) is 32.9 Å². The Morgan fingerprint density at radius 3 is 2.21 bits per heavy atom. The molecule has 1 aliphatic rings. The maximum atomic E-state index is 13.3. The molecule has 3 aromatic rings. The van der Waals surface area contributed by atoms with Crippen LogP contribution >= 0.6 is 27.3 Å². The smallest absolute Gasteiger partial charge is 0.254 e. The monoisotopic (exact) mass is 533 g/mol. The van der Waals surface area contributed by atoms with Crippen LogP contribution in [-0.4, -0.2) is 61.8 Å². The number of halogens is 1. The summed E-state index contributed by atoms with van der Waals surface area (Å²) in [6.45, 7) is 9.88. The molecule has 9 heteroatoms. The van der Waals surface area contributed by atoms with E-state index in [4.69, 9.17) is 19.2 Å². The molecule has 0 atom stereocenters. The van der Waals surface area contributed by atoms with Crippen LogP contribution < -0.4 is 19.1 Å². The third-order valence-corrected chi connectivity index (χ3v) is 6.90. The Morgan fingerprint density at radius 2 is 1.61 bits per heavy atom. The van der Waals surface area contributed by atoms with E-state index in [1.807, 2.05) is 37.8 Å². The standard InChI is InChI=1S/C24H28BrN3O4S/c1-4-30-19-13-16(14-20(31-5-2)22(19)32-6-3)23(29)27-9-11-28(12-10-27)24-26-18-8-7-17(25)15-21(18)33-24/h7-8,13-15H,4-6,9-12H2,1-3H3. The van der Waals surface area contributed by atoms with Crippen molar-refractivity contribution < 1.29 is 19.0 Å². The molecule has 1 amide bonds. The van der Waals surface area contributed by atoms with Crippen LogP contribution in [0.25, 0.3) is 10.2 Å². The van der Waals surface area contributed by atoms with Gasteiger partial charge in [0.05, 0.1) is 30.0 Å². The number of rotatable bonds is 8. The number of benzene rings is 2. The van der Waals surface area contributed by atoms with Gasteiger partial charge in [-0.25, -0.2) is 4.98 Å². The lowest BCUT2D eigenvalue weighted by Crippen LogP contribution is -2.48. The topological polar surface area (TPSA) is 64.1 Å². The second-order valence-electron chi connectivity index (χ2n) is 7.49. The summed E-state index contributed by atoms with van der Waals surface area (Å²) in [6, 6.07) is 9.64. The van der Waals surface area contributed by atoms with Gasteiger partial charge in [-0.3, -0.25) is 4.79 Å². The summed E-state index contributed by atoms with van der Waals surface area (Å²) in [5, 5.41) is 0.994. The van der Waals surface area contributed by atoms with E-state index in [1.54, 1.807) is 23.5 Å². The van der Waals surface area contributed by atoms with E-state index in [2.05, 4.69) is 26.9 Å². The highest BCUT2D eigenvalue weighted by Gasteiger charge is 2.26. The summed E-state index contributed by atoms with van der Waals surface area (Å²) in [5.41, 5.74) is 1.54. The van der Waals surface area contributed by atoms with Crippen LogP contribution in [-0.2, 0) is 0 Å². The number of fused-ring (bicyclic) bond motifs is 1.